The molecular formula is C21H31FO. The van der Waals surface area contributed by atoms with Gasteiger partial charge in [0.2, 0.25) is 0 Å². The third-order valence-corrected chi connectivity index (χ3v) is 8.62. The van der Waals surface area contributed by atoms with Gasteiger partial charge in [0.05, 0.1) is 6.10 Å². The minimum Gasteiger partial charge on any atom is -0.393 e. The van der Waals surface area contributed by atoms with Gasteiger partial charge < -0.3 is 5.11 Å². The van der Waals surface area contributed by atoms with Crippen LogP contribution >= 0.6 is 0 Å². The van der Waals surface area contributed by atoms with E-state index in [0.717, 1.165) is 49.4 Å². The highest BCUT2D eigenvalue weighted by molar-refractivity contribution is 5.12. The van der Waals surface area contributed by atoms with Gasteiger partial charge in [0, 0.05) is 5.92 Å². The standard InChI is InChI=1S/C21H31FO/c1-20-9-7-18-17(19(20)11-14(12-20)8-10-22)6-4-15-3-5-16(23)13-21(15,18)2/h14-19,23H,3-7,9,11-13H2,1-2H3/t14?,15?,16?,17-,18-,19+,20-,21+/m1/s1. The molecule has 4 aliphatic rings. The molecule has 128 valence electrons. The van der Waals surface area contributed by atoms with Crippen LogP contribution in [0.3, 0.4) is 0 Å². The van der Waals surface area contributed by atoms with Gasteiger partial charge in [-0.2, -0.15) is 0 Å². The average Bonchev–Trinajstić information content (AvgIpc) is 2.83. The van der Waals surface area contributed by atoms with Gasteiger partial charge in [-0.25, -0.2) is 0 Å². The summed E-state index contributed by atoms with van der Waals surface area (Å²) < 4.78 is 12.5. The zero-order valence-corrected chi connectivity index (χ0v) is 14.7. The van der Waals surface area contributed by atoms with Crippen molar-refractivity contribution in [1.82, 2.24) is 0 Å². The molecule has 2 heteroatoms. The van der Waals surface area contributed by atoms with E-state index in [1.54, 1.807) is 6.17 Å². The van der Waals surface area contributed by atoms with E-state index in [2.05, 4.69) is 19.8 Å². The van der Waals surface area contributed by atoms with Crippen LogP contribution < -0.4 is 0 Å². The van der Waals surface area contributed by atoms with Crippen LogP contribution in [0.15, 0.2) is 0 Å². The van der Waals surface area contributed by atoms with Gasteiger partial charge in [-0.15, -0.1) is 4.39 Å². The van der Waals surface area contributed by atoms with Crippen molar-refractivity contribution in [2.24, 2.45) is 40.4 Å². The lowest BCUT2D eigenvalue weighted by molar-refractivity contribution is -0.124. The maximum atomic E-state index is 12.5. The van der Waals surface area contributed by atoms with E-state index in [1.165, 1.54) is 32.1 Å². The Kier molecular flexibility index (Phi) is 3.80. The number of hydrogen-bond acceptors (Lipinski definition) is 1. The summed E-state index contributed by atoms with van der Waals surface area (Å²) >= 11 is 0. The minimum atomic E-state index is -0.0861. The molecule has 0 saturated heterocycles. The normalized spacial score (nSPS) is 55.1. The second-order valence-electron chi connectivity index (χ2n) is 9.66. The molecule has 4 fully saturated rings. The van der Waals surface area contributed by atoms with E-state index in [-0.39, 0.29) is 12.0 Å². The molecule has 3 unspecified atom stereocenters. The Morgan fingerprint density at radius 1 is 1.00 bits per heavy atom. The molecular weight excluding hydrogens is 287 g/mol. The summed E-state index contributed by atoms with van der Waals surface area (Å²) in [6.07, 6.45) is 12.3. The highest BCUT2D eigenvalue weighted by atomic mass is 19.1. The third-order valence-electron chi connectivity index (χ3n) is 8.62. The summed E-state index contributed by atoms with van der Waals surface area (Å²) in [6.45, 7) is 4.92. The van der Waals surface area contributed by atoms with Gasteiger partial charge in [0.15, 0.2) is 0 Å². The van der Waals surface area contributed by atoms with E-state index < -0.39 is 0 Å². The van der Waals surface area contributed by atoms with Crippen molar-refractivity contribution in [2.45, 2.75) is 77.7 Å². The van der Waals surface area contributed by atoms with Gasteiger partial charge in [-0.1, -0.05) is 19.8 Å². The van der Waals surface area contributed by atoms with Gasteiger partial charge in [-0.3, -0.25) is 0 Å². The fraction of sp³-hybridized carbons (Fsp3) is 0.905. The van der Waals surface area contributed by atoms with E-state index in [4.69, 9.17) is 0 Å². The van der Waals surface area contributed by atoms with Crippen LogP contribution in [0.4, 0.5) is 4.39 Å². The lowest BCUT2D eigenvalue weighted by Gasteiger charge is -2.60. The topological polar surface area (TPSA) is 20.2 Å². The fourth-order valence-corrected chi connectivity index (χ4v) is 7.58. The number of hydrogen-bond donors (Lipinski definition) is 1. The molecule has 4 saturated carbocycles. The molecule has 0 aliphatic heterocycles. The van der Waals surface area contributed by atoms with E-state index in [9.17, 15) is 9.50 Å². The van der Waals surface area contributed by atoms with Crippen molar-refractivity contribution in [2.75, 3.05) is 0 Å². The number of aliphatic hydroxyl groups excluding tert-OH is 1. The van der Waals surface area contributed by atoms with Gasteiger partial charge in [0.25, 0.3) is 0 Å². The lowest BCUT2D eigenvalue weighted by atomic mass is 9.45. The van der Waals surface area contributed by atoms with Gasteiger partial charge in [-0.05, 0) is 92.3 Å². The first kappa shape index (κ1) is 15.9. The summed E-state index contributed by atoms with van der Waals surface area (Å²) in [7, 11) is 0. The van der Waals surface area contributed by atoms with E-state index >= 15 is 0 Å². The summed E-state index contributed by atoms with van der Waals surface area (Å²) in [6, 6.07) is 0. The molecule has 0 aromatic carbocycles. The number of fused-ring (bicyclic) bond motifs is 5. The first-order valence-corrected chi connectivity index (χ1v) is 9.75. The molecule has 0 bridgehead atoms. The zero-order chi connectivity index (χ0) is 16.2. The molecule has 0 aromatic heterocycles. The first-order valence-electron chi connectivity index (χ1n) is 9.75. The maximum absolute atomic E-state index is 12.5. The van der Waals surface area contributed by atoms with Crippen molar-refractivity contribution in [3.05, 3.63) is 0 Å². The molecule has 0 aromatic rings. The Balaban J connectivity index is 1.61. The third kappa shape index (κ3) is 2.38. The van der Waals surface area contributed by atoms with Crippen LogP contribution in [0, 0.1) is 52.5 Å². The number of aliphatic hydroxyl groups is 1. The molecule has 0 amide bonds. The van der Waals surface area contributed by atoms with E-state index in [0.29, 0.717) is 10.8 Å². The zero-order valence-electron chi connectivity index (χ0n) is 14.7. The molecule has 4 aliphatic carbocycles. The van der Waals surface area contributed by atoms with Crippen LogP contribution in [0.5, 0.6) is 0 Å². The Labute approximate surface area is 140 Å². The fourth-order valence-electron chi connectivity index (χ4n) is 7.58. The average molecular weight is 318 g/mol. The summed E-state index contributed by atoms with van der Waals surface area (Å²) in [5, 5.41) is 10.3. The molecule has 0 radical (unpaired) electrons. The van der Waals surface area contributed by atoms with Crippen LogP contribution in [0.1, 0.15) is 71.6 Å². The van der Waals surface area contributed by atoms with E-state index in [1.807, 2.05) is 0 Å². The Bertz CT molecular complexity index is 534. The molecule has 1 nitrogen and oxygen atoms in total. The van der Waals surface area contributed by atoms with Crippen molar-refractivity contribution in [3.63, 3.8) is 0 Å². The Hall–Kier alpha value is -0.550. The largest absolute Gasteiger partial charge is 0.393 e. The van der Waals surface area contributed by atoms with Crippen molar-refractivity contribution < 1.29 is 9.50 Å². The number of rotatable bonds is 0. The summed E-state index contributed by atoms with van der Waals surface area (Å²) in [5.74, 6) is 6.21. The quantitative estimate of drug-likeness (QED) is 0.627. The van der Waals surface area contributed by atoms with Gasteiger partial charge in [0.1, 0.15) is 6.17 Å². The number of halogens is 1. The minimum absolute atomic E-state index is 0.0861. The highest BCUT2D eigenvalue weighted by Crippen LogP contribution is 2.66. The Morgan fingerprint density at radius 2 is 1.78 bits per heavy atom. The molecule has 8 atom stereocenters. The van der Waals surface area contributed by atoms with Crippen LogP contribution in [-0.2, 0) is 0 Å². The smallest absolute Gasteiger partial charge is 0.105 e. The summed E-state index contributed by atoms with van der Waals surface area (Å²) in [5.41, 5.74) is 0.720. The highest BCUT2D eigenvalue weighted by Gasteiger charge is 2.59. The van der Waals surface area contributed by atoms with Crippen LogP contribution in [-0.4, -0.2) is 11.2 Å². The van der Waals surface area contributed by atoms with Crippen molar-refractivity contribution in [3.8, 4) is 12.1 Å². The molecule has 0 heterocycles. The first-order chi connectivity index (χ1) is 11.0. The SMILES string of the molecule is C[C@]12CC[C@@H]3[C@@H](CCC4CCC(O)C[C@@]43C)[C@@H]1CC(C#CF)C2. The van der Waals surface area contributed by atoms with Gasteiger partial charge >= 0.3 is 0 Å². The second-order valence-corrected chi connectivity index (χ2v) is 9.66. The maximum Gasteiger partial charge on any atom is 0.105 e. The molecule has 4 rings (SSSR count). The van der Waals surface area contributed by atoms with Crippen molar-refractivity contribution in [1.29, 1.82) is 0 Å². The predicted molar refractivity (Wildman–Crippen MR) is 90.1 cm³/mol. The predicted octanol–water partition coefficient (Wildman–Crippen LogP) is 4.94. The molecule has 0 spiro atoms. The molecule has 23 heavy (non-hydrogen) atoms. The van der Waals surface area contributed by atoms with Crippen LogP contribution in [0.2, 0.25) is 0 Å². The molecule has 1 N–H and O–H groups in total. The lowest BCUT2D eigenvalue weighted by Crippen LogP contribution is -2.53. The monoisotopic (exact) mass is 318 g/mol. The van der Waals surface area contributed by atoms with Crippen LogP contribution in [0.25, 0.3) is 0 Å². The second kappa shape index (κ2) is 5.48. The Morgan fingerprint density at radius 3 is 2.57 bits per heavy atom. The summed E-state index contributed by atoms with van der Waals surface area (Å²) in [4.78, 5) is 0. The van der Waals surface area contributed by atoms with Crippen molar-refractivity contribution >= 4 is 0 Å².